The molecule has 3 aromatic carbocycles. The average molecular weight is 500 g/mol. The van der Waals surface area contributed by atoms with Crippen LogP contribution in [0.15, 0.2) is 84.9 Å². The van der Waals surface area contributed by atoms with E-state index in [1.54, 1.807) is 23.2 Å². The predicted molar refractivity (Wildman–Crippen MR) is 148 cm³/mol. The maximum absolute atomic E-state index is 13.2. The number of morpholine rings is 1. The van der Waals surface area contributed by atoms with Crippen LogP contribution in [0.2, 0.25) is 0 Å². The van der Waals surface area contributed by atoms with Gasteiger partial charge in [-0.1, -0.05) is 54.6 Å². The van der Waals surface area contributed by atoms with Gasteiger partial charge >= 0.3 is 0 Å². The normalized spacial score (nSPS) is 13.9. The molecule has 3 aromatic rings. The van der Waals surface area contributed by atoms with Crippen LogP contribution < -0.4 is 21.5 Å². The summed E-state index contributed by atoms with van der Waals surface area (Å²) in [6.07, 6.45) is 3.43. The molecule has 0 bridgehead atoms. The summed E-state index contributed by atoms with van der Waals surface area (Å²) in [5.41, 5.74) is 12.8. The first kappa shape index (κ1) is 26.1. The fourth-order valence-electron chi connectivity index (χ4n) is 4.00. The second-order valence-corrected chi connectivity index (χ2v) is 8.76. The van der Waals surface area contributed by atoms with Crippen molar-refractivity contribution in [3.63, 3.8) is 0 Å². The molecule has 0 aliphatic carbocycles. The molecule has 1 aliphatic rings. The SMILES string of the molecule is Nc1ccccc1NC(=O)C=Cc1ccc(CC(=O)N(NCCN2CCOCC2)c2ccccc2)cc1. The topological polar surface area (TPSA) is 99.9 Å². The molecule has 0 atom stereocenters. The Bertz CT molecular complexity index is 1190. The Morgan fingerprint density at radius 3 is 2.38 bits per heavy atom. The van der Waals surface area contributed by atoms with Crippen LogP contribution in [0.1, 0.15) is 11.1 Å². The quantitative estimate of drug-likeness (QED) is 0.225. The minimum atomic E-state index is -0.265. The smallest absolute Gasteiger partial charge is 0.248 e. The highest BCUT2D eigenvalue weighted by Gasteiger charge is 2.17. The average Bonchev–Trinajstić information content (AvgIpc) is 2.93. The number of hydrogen-bond acceptors (Lipinski definition) is 6. The van der Waals surface area contributed by atoms with E-state index < -0.39 is 0 Å². The highest BCUT2D eigenvalue weighted by atomic mass is 16.5. The van der Waals surface area contributed by atoms with E-state index in [1.165, 1.54) is 6.08 Å². The molecule has 192 valence electrons. The molecule has 8 heteroatoms. The van der Waals surface area contributed by atoms with Crippen LogP contribution in [-0.2, 0) is 20.7 Å². The summed E-state index contributed by atoms with van der Waals surface area (Å²) in [6, 6.07) is 24.3. The minimum Gasteiger partial charge on any atom is -0.397 e. The summed E-state index contributed by atoms with van der Waals surface area (Å²) in [5.74, 6) is -0.310. The van der Waals surface area contributed by atoms with Gasteiger partial charge in [0.2, 0.25) is 11.8 Å². The molecule has 1 heterocycles. The third-order valence-electron chi connectivity index (χ3n) is 6.05. The Morgan fingerprint density at radius 2 is 1.65 bits per heavy atom. The molecule has 2 amide bonds. The van der Waals surface area contributed by atoms with Crippen LogP contribution in [0.3, 0.4) is 0 Å². The molecule has 1 saturated heterocycles. The van der Waals surface area contributed by atoms with Gasteiger partial charge < -0.3 is 15.8 Å². The Hall–Kier alpha value is -3.98. The number of anilines is 3. The van der Waals surface area contributed by atoms with Crippen LogP contribution >= 0.6 is 0 Å². The van der Waals surface area contributed by atoms with Crippen molar-refractivity contribution in [1.82, 2.24) is 10.3 Å². The fourth-order valence-corrected chi connectivity index (χ4v) is 4.00. The van der Waals surface area contributed by atoms with E-state index in [1.807, 2.05) is 66.7 Å². The number of para-hydroxylation sites is 3. The van der Waals surface area contributed by atoms with Crippen molar-refractivity contribution < 1.29 is 14.3 Å². The van der Waals surface area contributed by atoms with E-state index in [-0.39, 0.29) is 18.2 Å². The number of nitrogens with two attached hydrogens (primary N) is 1. The van der Waals surface area contributed by atoms with Gasteiger partial charge in [-0.3, -0.25) is 14.5 Å². The number of nitrogen functional groups attached to an aromatic ring is 1. The zero-order chi connectivity index (χ0) is 25.9. The van der Waals surface area contributed by atoms with Crippen LogP contribution in [0, 0.1) is 0 Å². The number of rotatable bonds is 10. The van der Waals surface area contributed by atoms with Crippen molar-refractivity contribution in [2.24, 2.45) is 0 Å². The number of hydrazine groups is 1. The van der Waals surface area contributed by atoms with Crippen molar-refractivity contribution in [3.05, 3.63) is 96.1 Å². The number of nitrogens with one attached hydrogen (secondary N) is 2. The van der Waals surface area contributed by atoms with Gasteiger partial charge in [0.1, 0.15) is 0 Å². The van der Waals surface area contributed by atoms with Crippen molar-refractivity contribution >= 4 is 35.0 Å². The molecule has 0 spiro atoms. The Balaban J connectivity index is 1.33. The minimum absolute atomic E-state index is 0.0451. The van der Waals surface area contributed by atoms with Crippen molar-refractivity contribution in [2.45, 2.75) is 6.42 Å². The summed E-state index contributed by atoms with van der Waals surface area (Å²) < 4.78 is 5.41. The Kier molecular flexibility index (Phi) is 9.42. The van der Waals surface area contributed by atoms with Gasteiger partial charge in [-0.05, 0) is 41.5 Å². The van der Waals surface area contributed by atoms with E-state index in [0.717, 1.165) is 49.7 Å². The predicted octanol–water partition coefficient (Wildman–Crippen LogP) is 3.33. The van der Waals surface area contributed by atoms with Crippen molar-refractivity contribution in [3.8, 4) is 0 Å². The first-order valence-electron chi connectivity index (χ1n) is 12.4. The summed E-state index contributed by atoms with van der Waals surface area (Å²) in [5, 5.41) is 4.40. The Labute approximate surface area is 217 Å². The second kappa shape index (κ2) is 13.4. The van der Waals surface area contributed by atoms with E-state index in [0.29, 0.717) is 17.9 Å². The first-order chi connectivity index (χ1) is 18.1. The zero-order valence-electron chi connectivity index (χ0n) is 20.8. The van der Waals surface area contributed by atoms with Crippen molar-refractivity contribution in [2.75, 3.05) is 55.5 Å². The molecule has 0 saturated carbocycles. The van der Waals surface area contributed by atoms with E-state index >= 15 is 0 Å². The number of carbonyl (C=O) groups is 2. The van der Waals surface area contributed by atoms with Gasteiger partial charge in [0.05, 0.1) is 36.7 Å². The van der Waals surface area contributed by atoms with Crippen LogP contribution in [0.4, 0.5) is 17.1 Å². The molecule has 1 aliphatic heterocycles. The molecular formula is C29H33N5O3. The van der Waals surface area contributed by atoms with Gasteiger partial charge in [0.15, 0.2) is 0 Å². The zero-order valence-corrected chi connectivity index (χ0v) is 20.8. The molecule has 0 unspecified atom stereocenters. The number of amides is 2. The third-order valence-corrected chi connectivity index (χ3v) is 6.05. The van der Waals surface area contributed by atoms with Crippen LogP contribution in [-0.4, -0.2) is 56.1 Å². The molecule has 0 aromatic heterocycles. The monoisotopic (exact) mass is 499 g/mol. The van der Waals surface area contributed by atoms with Gasteiger partial charge in [-0.2, -0.15) is 0 Å². The number of nitrogens with zero attached hydrogens (tertiary/aromatic N) is 2. The Morgan fingerprint density at radius 1 is 0.946 bits per heavy atom. The number of benzene rings is 3. The lowest BCUT2D eigenvalue weighted by atomic mass is 10.1. The highest BCUT2D eigenvalue weighted by Crippen LogP contribution is 2.17. The molecule has 4 N–H and O–H groups in total. The van der Waals surface area contributed by atoms with Gasteiger partial charge in [-0.25, -0.2) is 10.4 Å². The van der Waals surface area contributed by atoms with E-state index in [4.69, 9.17) is 10.5 Å². The van der Waals surface area contributed by atoms with E-state index in [9.17, 15) is 9.59 Å². The fraction of sp³-hybridized carbons (Fsp3) is 0.241. The number of hydrogen-bond donors (Lipinski definition) is 3. The van der Waals surface area contributed by atoms with Gasteiger partial charge in [0, 0.05) is 32.3 Å². The first-order valence-corrected chi connectivity index (χ1v) is 12.4. The largest absolute Gasteiger partial charge is 0.397 e. The van der Waals surface area contributed by atoms with Crippen molar-refractivity contribution in [1.29, 1.82) is 0 Å². The molecule has 37 heavy (non-hydrogen) atoms. The standard InChI is InChI=1S/C29H33N5O3/c30-26-8-4-5-9-27(26)32-28(35)15-14-23-10-12-24(13-11-23)22-29(36)34(25-6-2-1-3-7-25)31-16-17-33-18-20-37-21-19-33/h1-15,31H,16-22,30H2,(H,32,35). The highest BCUT2D eigenvalue weighted by molar-refractivity contribution is 6.03. The molecular weight excluding hydrogens is 466 g/mol. The van der Waals surface area contributed by atoms with Gasteiger partial charge in [-0.15, -0.1) is 0 Å². The number of ether oxygens (including phenoxy) is 1. The molecule has 8 nitrogen and oxygen atoms in total. The maximum atomic E-state index is 13.2. The summed E-state index contributed by atoms with van der Waals surface area (Å²) in [4.78, 5) is 27.8. The van der Waals surface area contributed by atoms with Crippen LogP contribution in [0.5, 0.6) is 0 Å². The third kappa shape index (κ3) is 8.01. The second-order valence-electron chi connectivity index (χ2n) is 8.76. The molecule has 0 radical (unpaired) electrons. The summed E-state index contributed by atoms with van der Waals surface area (Å²) in [6.45, 7) is 4.80. The van der Waals surface area contributed by atoms with E-state index in [2.05, 4.69) is 15.6 Å². The lowest BCUT2D eigenvalue weighted by molar-refractivity contribution is -0.118. The summed E-state index contributed by atoms with van der Waals surface area (Å²) >= 11 is 0. The molecule has 4 rings (SSSR count). The maximum Gasteiger partial charge on any atom is 0.248 e. The molecule has 1 fully saturated rings. The number of carbonyl (C=O) groups excluding carboxylic acids is 2. The lowest BCUT2D eigenvalue weighted by Gasteiger charge is -2.29. The van der Waals surface area contributed by atoms with Gasteiger partial charge in [0.25, 0.3) is 0 Å². The summed E-state index contributed by atoms with van der Waals surface area (Å²) in [7, 11) is 0. The van der Waals surface area contributed by atoms with Crippen LogP contribution in [0.25, 0.3) is 6.08 Å². The lowest BCUT2D eigenvalue weighted by Crippen LogP contribution is -2.48.